The summed E-state index contributed by atoms with van der Waals surface area (Å²) >= 11 is 5.69. The quantitative estimate of drug-likeness (QED) is 0.362. The average Bonchev–Trinajstić information content (AvgIpc) is 2.47. The van der Waals surface area contributed by atoms with E-state index in [1.807, 2.05) is 6.07 Å². The number of benzene rings is 1. The van der Waals surface area contributed by atoms with E-state index in [4.69, 9.17) is 16.3 Å². The number of alkyl halides is 1. The van der Waals surface area contributed by atoms with Crippen molar-refractivity contribution in [2.75, 3.05) is 0 Å². The zero-order valence-electron chi connectivity index (χ0n) is 7.00. The Kier molecular flexibility index (Phi) is 3.09. The predicted molar refractivity (Wildman–Crippen MR) is 51.7 cm³/mol. The van der Waals surface area contributed by atoms with E-state index >= 15 is 0 Å². The second-order valence-electron chi connectivity index (χ2n) is 2.31. The largest absolute Gasteiger partial charge is 0.438 e. The molecule has 1 aromatic rings. The van der Waals surface area contributed by atoms with Crippen LogP contribution in [0.15, 0.2) is 37.4 Å². The van der Waals surface area contributed by atoms with Crippen molar-refractivity contribution >= 4 is 17.6 Å². The molecule has 1 atom stereocenters. The first-order valence-corrected chi connectivity index (χ1v) is 4.16. The average molecular weight is 197 g/mol. The van der Waals surface area contributed by atoms with Crippen LogP contribution in [0.4, 0.5) is 0 Å². The van der Waals surface area contributed by atoms with Crippen molar-refractivity contribution < 1.29 is 9.53 Å². The molecule has 2 rings (SSSR count). The van der Waals surface area contributed by atoms with Gasteiger partial charge in [0.1, 0.15) is 0 Å². The van der Waals surface area contributed by atoms with Crippen LogP contribution < -0.4 is 0 Å². The van der Waals surface area contributed by atoms with Crippen molar-refractivity contribution in [3.63, 3.8) is 0 Å². The number of fused-ring (bicyclic) bond motifs is 1. The molecule has 13 heavy (non-hydrogen) atoms. The molecule has 1 aliphatic heterocycles. The lowest BCUT2D eigenvalue weighted by Crippen LogP contribution is -1.92. The number of halogens is 1. The highest BCUT2D eigenvalue weighted by molar-refractivity contribution is 6.22. The van der Waals surface area contributed by atoms with E-state index in [-0.39, 0.29) is 5.97 Å². The van der Waals surface area contributed by atoms with Crippen LogP contribution in [0.25, 0.3) is 0 Å². The molecule has 0 saturated carbocycles. The van der Waals surface area contributed by atoms with E-state index in [1.54, 1.807) is 18.2 Å². The molecule has 3 heteroatoms. The maximum absolute atomic E-state index is 11.0. The van der Waals surface area contributed by atoms with E-state index in [9.17, 15) is 4.79 Å². The van der Waals surface area contributed by atoms with Crippen molar-refractivity contribution in [2.45, 2.75) is 5.56 Å². The number of carbonyl (C=O) groups is 1. The highest BCUT2D eigenvalue weighted by Crippen LogP contribution is 2.32. The summed E-state index contributed by atoms with van der Waals surface area (Å²) in [6, 6.07) is 7.11. The van der Waals surface area contributed by atoms with E-state index in [0.717, 1.165) is 5.56 Å². The Balaban J connectivity index is 0.000000396. The number of hydrogen-bond acceptors (Lipinski definition) is 2. The first-order chi connectivity index (χ1) is 6.29. The topological polar surface area (TPSA) is 26.3 Å². The van der Waals surface area contributed by atoms with Crippen molar-refractivity contribution in [1.29, 1.82) is 0 Å². The highest BCUT2D eigenvalue weighted by atomic mass is 35.5. The summed E-state index contributed by atoms with van der Waals surface area (Å²) in [6.45, 7) is 6.00. The molecule has 1 unspecified atom stereocenters. The van der Waals surface area contributed by atoms with Gasteiger partial charge in [-0.15, -0.1) is 13.2 Å². The molecule has 0 spiro atoms. The third kappa shape index (κ3) is 1.73. The number of ether oxygens (including phenoxy) is 1. The first kappa shape index (κ1) is 9.81. The normalized spacial score (nSPS) is 18.2. The number of esters is 1. The van der Waals surface area contributed by atoms with Gasteiger partial charge in [0.2, 0.25) is 5.56 Å². The molecular weight excluding hydrogens is 188 g/mol. The Morgan fingerprint density at radius 1 is 1.31 bits per heavy atom. The minimum absolute atomic E-state index is 0.333. The minimum Gasteiger partial charge on any atom is -0.438 e. The number of rotatable bonds is 0. The molecule has 0 radical (unpaired) electrons. The lowest BCUT2D eigenvalue weighted by atomic mass is 10.1. The molecule has 0 fully saturated rings. The zero-order valence-corrected chi connectivity index (χ0v) is 7.75. The molecule has 0 amide bonds. The van der Waals surface area contributed by atoms with Crippen LogP contribution >= 0.6 is 11.6 Å². The Labute approximate surface area is 81.8 Å². The maximum atomic E-state index is 11.0. The van der Waals surface area contributed by atoms with E-state index in [2.05, 4.69) is 13.2 Å². The molecule has 0 aromatic heterocycles. The lowest BCUT2D eigenvalue weighted by molar-refractivity contribution is 0.0513. The van der Waals surface area contributed by atoms with Crippen LogP contribution in [-0.2, 0) is 4.74 Å². The van der Waals surface area contributed by atoms with Gasteiger partial charge >= 0.3 is 5.97 Å². The molecule has 0 N–H and O–H groups in total. The Bertz CT molecular complexity index is 322. The van der Waals surface area contributed by atoms with Crippen LogP contribution in [0.2, 0.25) is 0 Å². The third-order valence-electron chi connectivity index (χ3n) is 1.64. The number of carbonyl (C=O) groups excluding carboxylic acids is 1. The highest BCUT2D eigenvalue weighted by Gasteiger charge is 2.28. The van der Waals surface area contributed by atoms with Crippen LogP contribution in [0.5, 0.6) is 0 Å². The number of cyclic esters (lactones) is 1. The fraction of sp³-hybridized carbons (Fsp3) is 0.100. The lowest BCUT2D eigenvalue weighted by Gasteiger charge is -1.97. The number of hydrogen-bond donors (Lipinski definition) is 0. The molecule has 0 saturated heterocycles. The Morgan fingerprint density at radius 2 is 1.92 bits per heavy atom. The van der Waals surface area contributed by atoms with Gasteiger partial charge in [-0.05, 0) is 6.07 Å². The summed E-state index contributed by atoms with van der Waals surface area (Å²) in [5.74, 6) is -0.333. The fourth-order valence-electron chi connectivity index (χ4n) is 1.10. The molecule has 0 aliphatic carbocycles. The van der Waals surface area contributed by atoms with Crippen molar-refractivity contribution in [3.8, 4) is 0 Å². The van der Waals surface area contributed by atoms with E-state index < -0.39 is 5.56 Å². The molecule has 1 aromatic carbocycles. The summed E-state index contributed by atoms with van der Waals surface area (Å²) in [5.41, 5.74) is 0.741. The van der Waals surface area contributed by atoms with E-state index in [0.29, 0.717) is 5.56 Å². The van der Waals surface area contributed by atoms with Crippen LogP contribution in [0.3, 0.4) is 0 Å². The predicted octanol–water partition coefficient (Wildman–Crippen LogP) is 2.90. The summed E-state index contributed by atoms with van der Waals surface area (Å²) < 4.78 is 4.76. The van der Waals surface area contributed by atoms with Gasteiger partial charge in [0.05, 0.1) is 5.56 Å². The van der Waals surface area contributed by atoms with Gasteiger partial charge in [0.25, 0.3) is 0 Å². The smallest absolute Gasteiger partial charge is 0.340 e. The Morgan fingerprint density at radius 3 is 2.54 bits per heavy atom. The van der Waals surface area contributed by atoms with Gasteiger partial charge in [-0.25, -0.2) is 4.79 Å². The van der Waals surface area contributed by atoms with Crippen molar-refractivity contribution in [2.24, 2.45) is 0 Å². The van der Waals surface area contributed by atoms with Crippen LogP contribution in [-0.4, -0.2) is 5.97 Å². The van der Waals surface area contributed by atoms with Crippen LogP contribution in [0, 0.1) is 0 Å². The molecule has 1 heterocycles. The van der Waals surface area contributed by atoms with Gasteiger partial charge < -0.3 is 4.74 Å². The Hall–Kier alpha value is -1.28. The van der Waals surface area contributed by atoms with Crippen LogP contribution in [0.1, 0.15) is 21.5 Å². The molecular formula is C10H9ClO2. The SMILES string of the molecule is C=C.O=C1OC(Cl)c2ccccc21. The molecule has 1 aliphatic rings. The summed E-state index contributed by atoms with van der Waals surface area (Å²) in [7, 11) is 0. The van der Waals surface area contributed by atoms with Gasteiger partial charge in [0, 0.05) is 5.56 Å². The van der Waals surface area contributed by atoms with Crippen molar-refractivity contribution in [3.05, 3.63) is 48.6 Å². The monoisotopic (exact) mass is 196 g/mol. The van der Waals surface area contributed by atoms with Gasteiger partial charge in [-0.3, -0.25) is 0 Å². The first-order valence-electron chi connectivity index (χ1n) is 3.73. The second-order valence-corrected chi connectivity index (χ2v) is 2.70. The minimum atomic E-state index is -0.598. The molecule has 2 nitrogen and oxygen atoms in total. The maximum Gasteiger partial charge on any atom is 0.340 e. The van der Waals surface area contributed by atoms with Crippen molar-refractivity contribution in [1.82, 2.24) is 0 Å². The molecule has 0 bridgehead atoms. The van der Waals surface area contributed by atoms with Gasteiger partial charge in [-0.2, -0.15) is 0 Å². The summed E-state index contributed by atoms with van der Waals surface area (Å²) in [5, 5.41) is 0. The fourth-order valence-corrected chi connectivity index (χ4v) is 1.37. The van der Waals surface area contributed by atoms with Gasteiger partial charge in [-0.1, -0.05) is 29.8 Å². The summed E-state index contributed by atoms with van der Waals surface area (Å²) in [6.07, 6.45) is 0. The van der Waals surface area contributed by atoms with E-state index in [1.165, 1.54) is 0 Å². The zero-order chi connectivity index (χ0) is 9.84. The third-order valence-corrected chi connectivity index (χ3v) is 1.96. The standard InChI is InChI=1S/C8H5ClO2.C2H4/c9-7-5-3-1-2-4-6(5)8(10)11-7;1-2/h1-4,7H;1-2H2. The summed E-state index contributed by atoms with van der Waals surface area (Å²) in [4.78, 5) is 11.0. The second kappa shape index (κ2) is 4.10. The molecule has 68 valence electrons. The van der Waals surface area contributed by atoms with Gasteiger partial charge in [0.15, 0.2) is 0 Å².